The molecule has 5 heteroatoms. The van der Waals surface area contributed by atoms with Gasteiger partial charge in [-0.25, -0.2) is 0 Å². The normalized spacial score (nSPS) is 14.1. The van der Waals surface area contributed by atoms with E-state index < -0.39 is 5.97 Å². The lowest BCUT2D eigenvalue weighted by Gasteiger charge is -2.30. The second-order valence-corrected chi connectivity index (χ2v) is 6.57. The Morgan fingerprint density at radius 2 is 1.72 bits per heavy atom. The van der Waals surface area contributed by atoms with E-state index in [1.165, 1.54) is 0 Å². The predicted octanol–water partition coefficient (Wildman–Crippen LogP) is 1.51. The molecule has 1 amide bonds. The first-order chi connectivity index (χ1) is 7.92. The molecule has 5 nitrogen and oxygen atoms in total. The molecule has 0 radical (unpaired) electrons. The van der Waals surface area contributed by atoms with Gasteiger partial charge < -0.3 is 16.2 Å². The number of rotatable bonds is 6. The van der Waals surface area contributed by atoms with Crippen LogP contribution in [-0.2, 0) is 9.59 Å². The average molecular weight is 258 g/mol. The van der Waals surface area contributed by atoms with Gasteiger partial charge in [0.15, 0.2) is 0 Å². The van der Waals surface area contributed by atoms with Gasteiger partial charge in [-0.3, -0.25) is 9.59 Å². The van der Waals surface area contributed by atoms with Crippen LogP contribution in [0.25, 0.3) is 0 Å². The number of hydrogen-bond donors (Lipinski definition) is 3. The highest BCUT2D eigenvalue weighted by molar-refractivity contribution is 5.77. The molecule has 18 heavy (non-hydrogen) atoms. The summed E-state index contributed by atoms with van der Waals surface area (Å²) in [4.78, 5) is 22.6. The third kappa shape index (κ3) is 8.06. The fourth-order valence-corrected chi connectivity index (χ4v) is 1.45. The summed E-state index contributed by atoms with van der Waals surface area (Å²) in [5.41, 5.74) is 5.13. The van der Waals surface area contributed by atoms with Crippen molar-refractivity contribution in [3.63, 3.8) is 0 Å². The minimum Gasteiger partial charge on any atom is -0.481 e. The molecule has 0 heterocycles. The molecular formula is C13H26N2O3. The lowest BCUT2D eigenvalue weighted by molar-refractivity contribution is -0.138. The molecule has 1 atom stereocenters. The van der Waals surface area contributed by atoms with Gasteiger partial charge >= 0.3 is 5.97 Å². The first kappa shape index (κ1) is 16.9. The van der Waals surface area contributed by atoms with E-state index in [9.17, 15) is 9.59 Å². The monoisotopic (exact) mass is 258 g/mol. The Kier molecular flexibility index (Phi) is 5.80. The summed E-state index contributed by atoms with van der Waals surface area (Å²) in [6.45, 7) is 9.45. The highest BCUT2D eigenvalue weighted by atomic mass is 16.4. The Bertz CT molecular complexity index is 300. The maximum atomic E-state index is 11.8. The Hall–Kier alpha value is -1.10. The minimum atomic E-state index is -0.908. The van der Waals surface area contributed by atoms with Crippen LogP contribution in [0.1, 0.15) is 53.9 Å². The highest BCUT2D eigenvalue weighted by Gasteiger charge is 2.28. The lowest BCUT2D eigenvalue weighted by Crippen LogP contribution is -2.45. The van der Waals surface area contributed by atoms with Crippen molar-refractivity contribution < 1.29 is 14.7 Å². The zero-order valence-corrected chi connectivity index (χ0v) is 12.0. The van der Waals surface area contributed by atoms with Gasteiger partial charge in [-0.05, 0) is 25.7 Å². The number of carbonyl (C=O) groups excluding carboxylic acids is 1. The van der Waals surface area contributed by atoms with Crippen LogP contribution in [0.3, 0.4) is 0 Å². The first-order valence-corrected chi connectivity index (χ1v) is 6.22. The topological polar surface area (TPSA) is 92.4 Å². The fourth-order valence-electron chi connectivity index (χ4n) is 1.45. The molecule has 0 aromatic heterocycles. The van der Waals surface area contributed by atoms with Crippen LogP contribution in [0.15, 0.2) is 0 Å². The molecule has 0 spiro atoms. The molecule has 0 aromatic carbocycles. The van der Waals surface area contributed by atoms with Crippen LogP contribution in [0.2, 0.25) is 0 Å². The van der Waals surface area contributed by atoms with Crippen molar-refractivity contribution in [2.24, 2.45) is 11.1 Å². The van der Waals surface area contributed by atoms with E-state index in [0.717, 1.165) is 0 Å². The van der Waals surface area contributed by atoms with Crippen molar-refractivity contribution in [2.45, 2.75) is 65.5 Å². The quantitative estimate of drug-likeness (QED) is 0.673. The second-order valence-electron chi connectivity index (χ2n) is 6.57. The zero-order chi connectivity index (χ0) is 14.6. The van der Waals surface area contributed by atoms with Gasteiger partial charge in [-0.1, -0.05) is 20.8 Å². The smallest absolute Gasteiger partial charge is 0.305 e. The molecule has 0 saturated carbocycles. The van der Waals surface area contributed by atoms with Crippen molar-refractivity contribution in [1.29, 1.82) is 0 Å². The van der Waals surface area contributed by atoms with Gasteiger partial charge in [-0.2, -0.15) is 0 Å². The molecule has 0 bridgehead atoms. The first-order valence-electron chi connectivity index (χ1n) is 6.22. The number of aliphatic carboxylic acids is 1. The number of nitrogens with two attached hydrogens (primary N) is 1. The Morgan fingerprint density at radius 3 is 2.06 bits per heavy atom. The maximum Gasteiger partial charge on any atom is 0.305 e. The number of carbonyl (C=O) groups is 2. The summed E-state index contributed by atoms with van der Waals surface area (Å²) < 4.78 is 0. The van der Waals surface area contributed by atoms with E-state index in [1.807, 2.05) is 34.6 Å². The van der Waals surface area contributed by atoms with Crippen LogP contribution >= 0.6 is 0 Å². The summed E-state index contributed by atoms with van der Waals surface area (Å²) in [6.07, 6.45) is 0.819. The summed E-state index contributed by atoms with van der Waals surface area (Å²) in [5.74, 6) is -1.05. The molecule has 0 aliphatic heterocycles. The van der Waals surface area contributed by atoms with Crippen molar-refractivity contribution in [2.75, 3.05) is 0 Å². The third-order valence-corrected chi connectivity index (χ3v) is 2.76. The molecule has 0 rings (SSSR count). The summed E-state index contributed by atoms with van der Waals surface area (Å²) in [6, 6.07) is -0.372. The molecule has 0 aromatic rings. The maximum absolute atomic E-state index is 11.8. The van der Waals surface area contributed by atoms with Gasteiger partial charge in [0.1, 0.15) is 0 Å². The fraction of sp³-hybridized carbons (Fsp3) is 0.846. The number of carboxylic acids is 1. The van der Waals surface area contributed by atoms with Crippen molar-refractivity contribution in [3.8, 4) is 0 Å². The van der Waals surface area contributed by atoms with Crippen molar-refractivity contribution >= 4 is 11.9 Å². The summed E-state index contributed by atoms with van der Waals surface area (Å²) >= 11 is 0. The van der Waals surface area contributed by atoms with E-state index in [2.05, 4.69) is 5.32 Å². The van der Waals surface area contributed by atoms with E-state index in [4.69, 9.17) is 10.8 Å². The van der Waals surface area contributed by atoms with Crippen molar-refractivity contribution in [1.82, 2.24) is 5.32 Å². The zero-order valence-electron chi connectivity index (χ0n) is 12.0. The van der Waals surface area contributed by atoms with Crippen LogP contribution in [0, 0.1) is 5.41 Å². The van der Waals surface area contributed by atoms with Crippen LogP contribution in [0.4, 0.5) is 0 Å². The molecular weight excluding hydrogens is 232 g/mol. The molecule has 0 aliphatic carbocycles. The molecule has 0 fully saturated rings. The van der Waals surface area contributed by atoms with Gasteiger partial charge in [0, 0.05) is 18.0 Å². The molecule has 106 valence electrons. The average Bonchev–Trinajstić information content (AvgIpc) is 2.10. The van der Waals surface area contributed by atoms with E-state index in [-0.39, 0.29) is 29.3 Å². The van der Waals surface area contributed by atoms with Crippen LogP contribution in [-0.4, -0.2) is 28.6 Å². The largest absolute Gasteiger partial charge is 0.481 e. The number of nitrogens with one attached hydrogen (secondary N) is 1. The number of amides is 1. The Balaban J connectivity index is 4.41. The van der Waals surface area contributed by atoms with Gasteiger partial charge in [-0.15, -0.1) is 0 Å². The number of hydrogen-bond acceptors (Lipinski definition) is 3. The molecule has 0 aliphatic rings. The third-order valence-electron chi connectivity index (χ3n) is 2.76. The van der Waals surface area contributed by atoms with Gasteiger partial charge in [0.2, 0.25) is 5.91 Å². The second kappa shape index (κ2) is 6.18. The van der Waals surface area contributed by atoms with E-state index >= 15 is 0 Å². The van der Waals surface area contributed by atoms with Gasteiger partial charge in [0.25, 0.3) is 0 Å². The molecule has 0 saturated heterocycles. The SMILES string of the molecule is CC(C)(N)CCC(=O)NC(CC(=O)O)C(C)(C)C. The Labute approximate surface area is 109 Å². The van der Waals surface area contributed by atoms with Crippen LogP contribution < -0.4 is 11.1 Å². The van der Waals surface area contributed by atoms with Crippen LogP contribution in [0.5, 0.6) is 0 Å². The summed E-state index contributed by atoms with van der Waals surface area (Å²) in [7, 11) is 0. The molecule has 1 unspecified atom stereocenters. The van der Waals surface area contributed by atoms with E-state index in [0.29, 0.717) is 12.8 Å². The Morgan fingerprint density at radius 1 is 1.22 bits per heavy atom. The predicted molar refractivity (Wildman–Crippen MR) is 71.1 cm³/mol. The lowest BCUT2D eigenvalue weighted by atomic mass is 9.84. The number of carboxylic acid groups (broad SMARTS) is 1. The summed E-state index contributed by atoms with van der Waals surface area (Å²) in [5, 5.41) is 11.6. The van der Waals surface area contributed by atoms with E-state index in [1.54, 1.807) is 0 Å². The molecule has 4 N–H and O–H groups in total. The highest BCUT2D eigenvalue weighted by Crippen LogP contribution is 2.22. The van der Waals surface area contributed by atoms with Crippen molar-refractivity contribution in [3.05, 3.63) is 0 Å². The van der Waals surface area contributed by atoms with Gasteiger partial charge in [0.05, 0.1) is 6.42 Å². The minimum absolute atomic E-state index is 0.0682. The standard InChI is InChI=1S/C13H26N2O3/c1-12(2,3)9(8-11(17)18)15-10(16)6-7-13(4,5)14/h9H,6-8,14H2,1-5H3,(H,15,16)(H,17,18).